The van der Waals surface area contributed by atoms with Gasteiger partial charge in [-0.25, -0.2) is 13.8 Å². The predicted molar refractivity (Wildman–Crippen MR) is 72.5 cm³/mol. The van der Waals surface area contributed by atoms with Crippen LogP contribution in [0.3, 0.4) is 0 Å². The summed E-state index contributed by atoms with van der Waals surface area (Å²) in [5.41, 5.74) is 2.81. The molecular weight excluding hydrogens is 281 g/mol. The summed E-state index contributed by atoms with van der Waals surface area (Å²) < 4.78 is 40.4. The number of halogens is 3. The zero-order chi connectivity index (χ0) is 15.3. The van der Waals surface area contributed by atoms with Crippen LogP contribution in [0, 0.1) is 31.3 Å². The average molecular weight is 292 g/mol. The van der Waals surface area contributed by atoms with Crippen molar-refractivity contribution in [2.45, 2.75) is 13.8 Å². The van der Waals surface area contributed by atoms with E-state index in [4.69, 9.17) is 0 Å². The van der Waals surface area contributed by atoms with E-state index < -0.39 is 23.2 Å². The van der Waals surface area contributed by atoms with E-state index in [1.165, 1.54) is 0 Å². The fourth-order valence-corrected chi connectivity index (χ4v) is 2.36. The summed E-state index contributed by atoms with van der Waals surface area (Å²) in [5.74, 6) is -5.51. The van der Waals surface area contributed by atoms with Crippen LogP contribution in [-0.2, 0) is 0 Å². The zero-order valence-electron chi connectivity index (χ0n) is 11.3. The number of phenols is 1. The minimum Gasteiger partial charge on any atom is -0.503 e. The molecule has 0 unspecified atom stereocenters. The summed E-state index contributed by atoms with van der Waals surface area (Å²) >= 11 is 0. The molecule has 0 saturated carbocycles. The smallest absolute Gasteiger partial charge is 0.203 e. The molecule has 2 N–H and O–H groups in total. The molecule has 0 amide bonds. The number of H-pyrrole nitrogens is 1. The van der Waals surface area contributed by atoms with E-state index in [2.05, 4.69) is 9.97 Å². The Morgan fingerprint density at radius 2 is 1.76 bits per heavy atom. The second-order valence-electron chi connectivity index (χ2n) is 4.95. The van der Waals surface area contributed by atoms with Crippen molar-refractivity contribution in [2.75, 3.05) is 0 Å². The van der Waals surface area contributed by atoms with Crippen LogP contribution in [0.4, 0.5) is 13.2 Å². The maximum atomic E-state index is 13.9. The third-order valence-electron chi connectivity index (χ3n) is 3.31. The van der Waals surface area contributed by atoms with Crippen LogP contribution in [-0.4, -0.2) is 15.1 Å². The molecule has 3 rings (SSSR count). The maximum Gasteiger partial charge on any atom is 0.203 e. The van der Waals surface area contributed by atoms with Gasteiger partial charge < -0.3 is 10.1 Å². The molecule has 0 atom stereocenters. The van der Waals surface area contributed by atoms with Gasteiger partial charge in [0.2, 0.25) is 5.82 Å². The van der Waals surface area contributed by atoms with E-state index in [1.807, 2.05) is 26.0 Å². The topological polar surface area (TPSA) is 48.9 Å². The number of nitrogens with zero attached hydrogens (tertiary/aromatic N) is 1. The number of benzene rings is 2. The minimum absolute atomic E-state index is 0.0328. The molecule has 0 aliphatic heterocycles. The van der Waals surface area contributed by atoms with Gasteiger partial charge in [-0.05, 0) is 37.1 Å². The first kappa shape index (κ1) is 13.5. The maximum absolute atomic E-state index is 13.9. The van der Waals surface area contributed by atoms with Gasteiger partial charge in [0, 0.05) is 0 Å². The summed E-state index contributed by atoms with van der Waals surface area (Å²) in [6, 6.07) is 4.40. The van der Waals surface area contributed by atoms with Crippen LogP contribution in [0.25, 0.3) is 22.4 Å². The Morgan fingerprint density at radius 3 is 2.48 bits per heavy atom. The van der Waals surface area contributed by atoms with Gasteiger partial charge in [-0.3, -0.25) is 0 Å². The number of fused-ring (bicyclic) bond motifs is 1. The Hall–Kier alpha value is -2.50. The lowest BCUT2D eigenvalue weighted by Crippen LogP contribution is -1.94. The Morgan fingerprint density at radius 1 is 1.05 bits per heavy atom. The number of aromatic hydroxyl groups is 1. The fraction of sp³-hybridized carbons (Fsp3) is 0.133. The van der Waals surface area contributed by atoms with E-state index in [1.54, 1.807) is 0 Å². The standard InChI is InChI=1S/C15H11F3N2O/c1-6-3-7(2)13-10(4-6)19-15(20-13)8-5-9(16)12(18)14(21)11(8)17/h3-5,21H,1-2H3,(H,19,20). The highest BCUT2D eigenvalue weighted by atomic mass is 19.2. The van der Waals surface area contributed by atoms with Crippen molar-refractivity contribution in [3.05, 3.63) is 46.8 Å². The van der Waals surface area contributed by atoms with Gasteiger partial charge in [-0.2, -0.15) is 4.39 Å². The molecule has 2 aromatic carbocycles. The van der Waals surface area contributed by atoms with Gasteiger partial charge in [0.15, 0.2) is 17.4 Å². The van der Waals surface area contributed by atoms with E-state index in [-0.39, 0.29) is 11.4 Å². The lowest BCUT2D eigenvalue weighted by molar-refractivity contribution is 0.377. The number of aromatic nitrogens is 2. The van der Waals surface area contributed by atoms with Crippen LogP contribution >= 0.6 is 0 Å². The number of rotatable bonds is 1. The number of imidazole rings is 1. The fourth-order valence-electron chi connectivity index (χ4n) is 2.36. The van der Waals surface area contributed by atoms with Crippen LogP contribution in [0.1, 0.15) is 11.1 Å². The van der Waals surface area contributed by atoms with Crippen LogP contribution in [0.15, 0.2) is 18.2 Å². The summed E-state index contributed by atoms with van der Waals surface area (Å²) in [6.07, 6.45) is 0. The lowest BCUT2D eigenvalue weighted by atomic mass is 10.1. The number of nitrogens with one attached hydrogen (secondary N) is 1. The summed E-state index contributed by atoms with van der Waals surface area (Å²) in [6.45, 7) is 3.75. The minimum atomic E-state index is -1.61. The number of hydrogen-bond acceptors (Lipinski definition) is 2. The molecule has 6 heteroatoms. The van der Waals surface area contributed by atoms with Crippen LogP contribution < -0.4 is 0 Å². The van der Waals surface area contributed by atoms with Crippen molar-refractivity contribution >= 4 is 11.0 Å². The molecule has 3 aromatic rings. The SMILES string of the molecule is Cc1cc(C)c2nc(-c3cc(F)c(F)c(O)c3F)[nH]c2c1. The van der Waals surface area contributed by atoms with Gasteiger partial charge in [0.1, 0.15) is 5.82 Å². The Labute approximate surface area is 118 Å². The Bertz CT molecular complexity index is 871. The largest absolute Gasteiger partial charge is 0.503 e. The molecule has 1 aromatic heterocycles. The summed E-state index contributed by atoms with van der Waals surface area (Å²) in [5, 5.41) is 9.27. The number of hydrogen-bond donors (Lipinski definition) is 2. The molecule has 0 aliphatic rings. The number of aryl methyl sites for hydroxylation is 2. The Balaban J connectivity index is 2.29. The molecule has 0 radical (unpaired) electrons. The van der Waals surface area contributed by atoms with Crippen LogP contribution in [0.2, 0.25) is 0 Å². The van der Waals surface area contributed by atoms with Crippen molar-refractivity contribution in [1.29, 1.82) is 0 Å². The van der Waals surface area contributed by atoms with E-state index in [0.29, 0.717) is 17.1 Å². The highest BCUT2D eigenvalue weighted by molar-refractivity contribution is 5.83. The van der Waals surface area contributed by atoms with Crippen molar-refractivity contribution in [3.8, 4) is 17.1 Å². The molecule has 0 aliphatic carbocycles. The highest BCUT2D eigenvalue weighted by Crippen LogP contribution is 2.32. The van der Waals surface area contributed by atoms with Gasteiger partial charge in [-0.1, -0.05) is 6.07 Å². The van der Waals surface area contributed by atoms with Crippen LogP contribution in [0.5, 0.6) is 5.75 Å². The predicted octanol–water partition coefficient (Wildman–Crippen LogP) is 3.97. The molecule has 0 saturated heterocycles. The van der Waals surface area contributed by atoms with E-state index >= 15 is 0 Å². The van der Waals surface area contributed by atoms with Crippen molar-refractivity contribution in [3.63, 3.8) is 0 Å². The molecule has 0 bridgehead atoms. The first-order valence-electron chi connectivity index (χ1n) is 6.22. The summed E-state index contributed by atoms with van der Waals surface area (Å²) in [4.78, 5) is 7.06. The average Bonchev–Trinajstić information content (AvgIpc) is 2.84. The van der Waals surface area contributed by atoms with Crippen molar-refractivity contribution in [2.24, 2.45) is 0 Å². The number of aromatic amines is 1. The normalized spacial score (nSPS) is 11.3. The first-order chi connectivity index (χ1) is 9.88. The van der Waals surface area contributed by atoms with E-state index in [0.717, 1.165) is 11.1 Å². The summed E-state index contributed by atoms with van der Waals surface area (Å²) in [7, 11) is 0. The quantitative estimate of drug-likeness (QED) is 0.667. The molecule has 1 heterocycles. The van der Waals surface area contributed by atoms with Gasteiger partial charge in [-0.15, -0.1) is 0 Å². The molecule has 3 nitrogen and oxygen atoms in total. The lowest BCUT2D eigenvalue weighted by Gasteiger charge is -2.03. The third kappa shape index (κ3) is 2.03. The molecular formula is C15H11F3N2O. The highest BCUT2D eigenvalue weighted by Gasteiger charge is 2.21. The van der Waals surface area contributed by atoms with Gasteiger partial charge in [0.25, 0.3) is 0 Å². The first-order valence-corrected chi connectivity index (χ1v) is 6.22. The zero-order valence-corrected chi connectivity index (χ0v) is 11.3. The Kier molecular flexibility index (Phi) is 2.90. The molecule has 108 valence electrons. The van der Waals surface area contributed by atoms with Gasteiger partial charge in [0.05, 0.1) is 16.6 Å². The number of phenolic OH excluding ortho intramolecular Hbond substituents is 1. The van der Waals surface area contributed by atoms with Gasteiger partial charge >= 0.3 is 0 Å². The van der Waals surface area contributed by atoms with E-state index in [9.17, 15) is 18.3 Å². The molecule has 0 spiro atoms. The molecule has 0 fully saturated rings. The third-order valence-corrected chi connectivity index (χ3v) is 3.31. The molecule has 21 heavy (non-hydrogen) atoms. The van der Waals surface area contributed by atoms with Crippen molar-refractivity contribution < 1.29 is 18.3 Å². The monoisotopic (exact) mass is 292 g/mol. The van der Waals surface area contributed by atoms with Crippen molar-refractivity contribution in [1.82, 2.24) is 9.97 Å². The second-order valence-corrected chi connectivity index (χ2v) is 4.95. The second kappa shape index (κ2) is 4.51.